The van der Waals surface area contributed by atoms with Gasteiger partial charge in [0.1, 0.15) is 0 Å². The third-order valence-electron chi connectivity index (χ3n) is 8.20. The Kier molecular flexibility index (Phi) is 8.87. The molecule has 1 heteroatoms. The number of hydrogen-bond acceptors (Lipinski definition) is 1. The Morgan fingerprint density at radius 3 is 2.11 bits per heavy atom. The molecule has 0 aliphatic heterocycles. The number of nitrogens with zero attached hydrogens (tertiary/aromatic N) is 1. The summed E-state index contributed by atoms with van der Waals surface area (Å²) >= 11 is 0. The molecule has 3 aromatic rings. The minimum absolute atomic E-state index is 0.185. The van der Waals surface area contributed by atoms with Crippen molar-refractivity contribution in [3.63, 3.8) is 0 Å². The van der Waals surface area contributed by atoms with Crippen molar-refractivity contribution in [3.05, 3.63) is 126 Å². The summed E-state index contributed by atoms with van der Waals surface area (Å²) in [7, 11) is 0. The van der Waals surface area contributed by atoms with E-state index in [1.165, 1.54) is 40.2 Å². The van der Waals surface area contributed by atoms with Crippen LogP contribution >= 0.6 is 0 Å². The van der Waals surface area contributed by atoms with Crippen molar-refractivity contribution >= 4 is 17.5 Å². The maximum absolute atomic E-state index is 2.42. The van der Waals surface area contributed by atoms with Crippen LogP contribution in [0.25, 0.3) is 6.08 Å². The van der Waals surface area contributed by atoms with Gasteiger partial charge in [0.05, 0.1) is 0 Å². The van der Waals surface area contributed by atoms with Gasteiger partial charge in [-0.2, -0.15) is 0 Å². The Balaban J connectivity index is 1.59. The smallest absolute Gasteiger partial charge is 0.0461 e. The van der Waals surface area contributed by atoms with Crippen molar-refractivity contribution in [1.29, 1.82) is 0 Å². The second-order valence-electron chi connectivity index (χ2n) is 11.1. The van der Waals surface area contributed by atoms with Crippen molar-refractivity contribution in [3.8, 4) is 0 Å². The predicted molar refractivity (Wildman–Crippen MR) is 162 cm³/mol. The summed E-state index contributed by atoms with van der Waals surface area (Å²) in [6, 6.07) is 28.8. The van der Waals surface area contributed by atoms with Gasteiger partial charge in [0.15, 0.2) is 0 Å². The molecule has 0 saturated carbocycles. The lowest BCUT2D eigenvalue weighted by Gasteiger charge is -2.31. The van der Waals surface area contributed by atoms with Gasteiger partial charge in [-0.1, -0.05) is 120 Å². The second kappa shape index (κ2) is 12.3. The lowest BCUT2D eigenvalue weighted by atomic mass is 9.82. The van der Waals surface area contributed by atoms with Crippen molar-refractivity contribution in [2.75, 3.05) is 4.90 Å². The maximum Gasteiger partial charge on any atom is 0.0461 e. The van der Waals surface area contributed by atoms with E-state index in [9.17, 15) is 0 Å². The van der Waals surface area contributed by atoms with Crippen LogP contribution in [0.1, 0.15) is 70.6 Å². The molecule has 1 aliphatic carbocycles. The molecule has 0 N–H and O–H groups in total. The molecule has 2 unspecified atom stereocenters. The fourth-order valence-corrected chi connectivity index (χ4v) is 4.91. The van der Waals surface area contributed by atoms with Crippen LogP contribution in [0.3, 0.4) is 0 Å². The van der Waals surface area contributed by atoms with Gasteiger partial charge in [0.25, 0.3) is 0 Å². The van der Waals surface area contributed by atoms with E-state index in [1.807, 2.05) is 0 Å². The molecule has 37 heavy (non-hydrogen) atoms. The van der Waals surface area contributed by atoms with Crippen molar-refractivity contribution in [2.45, 2.75) is 65.7 Å². The minimum atomic E-state index is 0.185. The third kappa shape index (κ3) is 6.72. The van der Waals surface area contributed by atoms with Crippen LogP contribution in [0.2, 0.25) is 0 Å². The van der Waals surface area contributed by atoms with E-state index in [2.05, 4.69) is 149 Å². The highest BCUT2D eigenvalue weighted by molar-refractivity contribution is 5.71. The Morgan fingerprint density at radius 1 is 0.892 bits per heavy atom. The zero-order valence-electron chi connectivity index (χ0n) is 23.3. The summed E-state index contributed by atoms with van der Waals surface area (Å²) in [5, 5.41) is 0. The standard InChI is InChI=1S/C36H43N/c1-6-28(3)31-18-24-34(25-19-31)37(35-26-20-32(21-27-35)36(4,5)7-2)33-22-16-30(17-23-33)15-11-14-29-12-9-8-10-13-29/h8-13,15-18,20-28,31H,6-7,14,19H2,1-5H3. The molecular formula is C36H43N. The van der Waals surface area contributed by atoms with Crippen LogP contribution < -0.4 is 4.90 Å². The van der Waals surface area contributed by atoms with Gasteiger partial charge in [-0.05, 0) is 83.5 Å². The number of hydrogen-bond donors (Lipinski definition) is 0. The number of anilines is 2. The van der Waals surface area contributed by atoms with Crippen LogP contribution in [0.15, 0.2) is 109 Å². The molecule has 2 atom stereocenters. The van der Waals surface area contributed by atoms with E-state index >= 15 is 0 Å². The first-order valence-corrected chi connectivity index (χ1v) is 14.0. The Bertz CT molecular complexity index is 1210. The SMILES string of the molecule is CCC(C)C1C=CC(N(c2ccc(C=CCc3ccccc3)cc2)c2ccc(C(C)(C)CC)cc2)=CC1. The van der Waals surface area contributed by atoms with E-state index in [-0.39, 0.29) is 5.41 Å². The quantitative estimate of drug-likeness (QED) is 0.274. The van der Waals surface area contributed by atoms with Crippen LogP contribution in [-0.2, 0) is 11.8 Å². The summed E-state index contributed by atoms with van der Waals surface area (Å²) in [5.41, 5.74) is 7.80. The summed E-state index contributed by atoms with van der Waals surface area (Å²) in [6.07, 6.45) is 16.0. The van der Waals surface area contributed by atoms with Gasteiger partial charge in [-0.15, -0.1) is 0 Å². The molecule has 0 heterocycles. The maximum atomic E-state index is 2.42. The summed E-state index contributed by atoms with van der Waals surface area (Å²) in [5.74, 6) is 1.33. The second-order valence-corrected chi connectivity index (χ2v) is 11.1. The van der Waals surface area contributed by atoms with Crippen LogP contribution in [-0.4, -0.2) is 0 Å². The molecule has 1 nitrogen and oxygen atoms in total. The molecule has 1 aliphatic rings. The zero-order valence-corrected chi connectivity index (χ0v) is 23.3. The van der Waals surface area contributed by atoms with Gasteiger partial charge in [0, 0.05) is 17.1 Å². The monoisotopic (exact) mass is 489 g/mol. The van der Waals surface area contributed by atoms with Crippen molar-refractivity contribution < 1.29 is 0 Å². The lowest BCUT2D eigenvalue weighted by Crippen LogP contribution is -2.20. The molecule has 3 aromatic carbocycles. The zero-order chi connectivity index (χ0) is 26.3. The fraction of sp³-hybridized carbons (Fsp3) is 0.333. The van der Waals surface area contributed by atoms with Gasteiger partial charge >= 0.3 is 0 Å². The Labute approximate surface area is 225 Å². The molecule has 0 bridgehead atoms. The number of rotatable bonds is 10. The predicted octanol–water partition coefficient (Wildman–Crippen LogP) is 10.3. The van der Waals surface area contributed by atoms with Gasteiger partial charge in [-0.25, -0.2) is 0 Å². The van der Waals surface area contributed by atoms with E-state index < -0.39 is 0 Å². The molecule has 0 saturated heterocycles. The highest BCUT2D eigenvalue weighted by atomic mass is 15.1. The lowest BCUT2D eigenvalue weighted by molar-refractivity contribution is 0.416. The van der Waals surface area contributed by atoms with E-state index in [0.717, 1.165) is 19.3 Å². The van der Waals surface area contributed by atoms with Gasteiger partial charge < -0.3 is 4.90 Å². The average molecular weight is 490 g/mol. The summed E-state index contributed by atoms with van der Waals surface area (Å²) < 4.78 is 0. The van der Waals surface area contributed by atoms with Crippen molar-refractivity contribution in [1.82, 2.24) is 0 Å². The third-order valence-corrected chi connectivity index (χ3v) is 8.20. The van der Waals surface area contributed by atoms with Crippen LogP contribution in [0.5, 0.6) is 0 Å². The van der Waals surface area contributed by atoms with E-state index in [0.29, 0.717) is 11.8 Å². The largest absolute Gasteiger partial charge is 0.311 e. The number of benzene rings is 3. The average Bonchev–Trinajstić information content (AvgIpc) is 2.95. The molecular weight excluding hydrogens is 446 g/mol. The minimum Gasteiger partial charge on any atom is -0.311 e. The summed E-state index contributed by atoms with van der Waals surface area (Å²) in [4.78, 5) is 2.41. The molecule has 0 fully saturated rings. The van der Waals surface area contributed by atoms with E-state index in [4.69, 9.17) is 0 Å². The van der Waals surface area contributed by atoms with Gasteiger partial charge in [-0.3, -0.25) is 0 Å². The first-order chi connectivity index (χ1) is 17.9. The Morgan fingerprint density at radius 2 is 1.54 bits per heavy atom. The van der Waals surface area contributed by atoms with Crippen LogP contribution in [0, 0.1) is 11.8 Å². The first kappa shape index (κ1) is 26.7. The molecule has 0 aromatic heterocycles. The molecule has 0 radical (unpaired) electrons. The van der Waals surface area contributed by atoms with Crippen molar-refractivity contribution in [2.24, 2.45) is 11.8 Å². The molecule has 0 amide bonds. The number of allylic oxidation sites excluding steroid dienone is 4. The topological polar surface area (TPSA) is 3.24 Å². The highest BCUT2D eigenvalue weighted by Crippen LogP contribution is 2.36. The van der Waals surface area contributed by atoms with Gasteiger partial charge in [0.2, 0.25) is 0 Å². The summed E-state index contributed by atoms with van der Waals surface area (Å²) in [6.45, 7) is 11.6. The molecule has 4 rings (SSSR count). The molecule has 0 spiro atoms. The van der Waals surface area contributed by atoms with Crippen LogP contribution in [0.4, 0.5) is 11.4 Å². The first-order valence-electron chi connectivity index (χ1n) is 14.0. The fourth-order valence-electron chi connectivity index (χ4n) is 4.91. The highest BCUT2D eigenvalue weighted by Gasteiger charge is 2.21. The molecule has 192 valence electrons. The van der Waals surface area contributed by atoms with E-state index in [1.54, 1.807) is 0 Å². The Hall–Kier alpha value is -3.32. The normalized spacial score (nSPS) is 16.6.